The molecule has 0 amide bonds. The predicted molar refractivity (Wildman–Crippen MR) is 77.0 cm³/mol. The first-order valence-electron chi connectivity index (χ1n) is 7.09. The Kier molecular flexibility index (Phi) is 4.50. The van der Waals surface area contributed by atoms with Crippen LogP contribution < -0.4 is 11.2 Å². The minimum atomic E-state index is -0.369. The van der Waals surface area contributed by atoms with Gasteiger partial charge in [-0.3, -0.25) is 14.3 Å². The molecule has 5 heteroatoms. The molecule has 4 nitrogen and oxygen atoms in total. The zero-order valence-electron chi connectivity index (χ0n) is 11.5. The van der Waals surface area contributed by atoms with Gasteiger partial charge >= 0.3 is 5.69 Å². The third-order valence-electron chi connectivity index (χ3n) is 4.18. The highest BCUT2D eigenvalue weighted by atomic mass is 35.5. The van der Waals surface area contributed by atoms with Crippen molar-refractivity contribution in [3.63, 3.8) is 0 Å². The average Bonchev–Trinajstić information content (AvgIpc) is 2.55. The van der Waals surface area contributed by atoms with E-state index in [0.717, 1.165) is 19.3 Å². The quantitative estimate of drug-likeness (QED) is 0.671. The van der Waals surface area contributed by atoms with E-state index in [1.807, 2.05) is 6.92 Å². The molecule has 0 spiro atoms. The molecule has 1 fully saturated rings. The molecule has 106 valence electrons. The molecule has 0 aromatic carbocycles. The van der Waals surface area contributed by atoms with Crippen LogP contribution in [0.5, 0.6) is 0 Å². The fourth-order valence-electron chi connectivity index (χ4n) is 3.03. The lowest BCUT2D eigenvalue weighted by Crippen LogP contribution is -2.41. The molecular formula is C14H21ClN2O2. The minimum absolute atomic E-state index is 0.00122. The number of H-pyrrole nitrogens is 1. The highest BCUT2D eigenvalue weighted by molar-refractivity contribution is 6.30. The summed E-state index contributed by atoms with van der Waals surface area (Å²) >= 11 is 5.95. The Morgan fingerprint density at radius 1 is 1.26 bits per heavy atom. The molecule has 2 rings (SSSR count). The first kappa shape index (κ1) is 14.4. The molecule has 1 aromatic heterocycles. The molecular weight excluding hydrogens is 264 g/mol. The van der Waals surface area contributed by atoms with E-state index < -0.39 is 0 Å². The lowest BCUT2D eigenvalue weighted by molar-refractivity contribution is 0.315. The van der Waals surface area contributed by atoms with E-state index in [2.05, 4.69) is 11.9 Å². The summed E-state index contributed by atoms with van der Waals surface area (Å²) < 4.78 is 1.40. The molecule has 2 unspecified atom stereocenters. The second-order valence-electron chi connectivity index (χ2n) is 5.43. The molecule has 0 radical (unpaired) electrons. The van der Waals surface area contributed by atoms with E-state index in [4.69, 9.17) is 11.6 Å². The van der Waals surface area contributed by atoms with Crippen LogP contribution in [0.4, 0.5) is 0 Å². The largest absolute Gasteiger partial charge is 0.329 e. The van der Waals surface area contributed by atoms with Crippen LogP contribution in [-0.4, -0.2) is 9.55 Å². The fourth-order valence-corrected chi connectivity index (χ4v) is 3.32. The second kappa shape index (κ2) is 5.95. The van der Waals surface area contributed by atoms with E-state index in [-0.39, 0.29) is 22.4 Å². The fraction of sp³-hybridized carbons (Fsp3) is 0.714. The maximum Gasteiger partial charge on any atom is 0.329 e. The molecule has 0 aliphatic heterocycles. The van der Waals surface area contributed by atoms with Crippen molar-refractivity contribution in [2.24, 2.45) is 5.92 Å². The van der Waals surface area contributed by atoms with Crippen molar-refractivity contribution in [3.8, 4) is 0 Å². The molecule has 19 heavy (non-hydrogen) atoms. The molecule has 0 saturated heterocycles. The zero-order chi connectivity index (χ0) is 14.0. The first-order chi connectivity index (χ1) is 9.06. The maximum absolute atomic E-state index is 12.5. The Morgan fingerprint density at radius 3 is 2.63 bits per heavy atom. The summed E-state index contributed by atoms with van der Waals surface area (Å²) in [6, 6.07) is 0.00122. The summed E-state index contributed by atoms with van der Waals surface area (Å²) in [5, 5.41) is 0.190. The lowest BCUT2D eigenvalue weighted by atomic mass is 9.96. The summed E-state index contributed by atoms with van der Waals surface area (Å²) in [5.41, 5.74) is -0.0707. The van der Waals surface area contributed by atoms with Crippen LogP contribution in [0.1, 0.15) is 57.6 Å². The van der Waals surface area contributed by atoms with Crippen LogP contribution in [0, 0.1) is 5.92 Å². The topological polar surface area (TPSA) is 54.9 Å². The molecule has 1 aliphatic rings. The standard InChI is InChI=1S/C14H21ClN2O2/c1-3-10-12(15)16-14(19)17(13(10)18)11-8-6-4-5-7-9(11)2/h9,11H,3-8H2,1-2H3,(H,16,19). The molecule has 1 N–H and O–H groups in total. The molecule has 1 aromatic rings. The smallest absolute Gasteiger partial charge is 0.297 e. The second-order valence-corrected chi connectivity index (χ2v) is 5.81. The Labute approximate surface area is 117 Å². The third-order valence-corrected chi connectivity index (χ3v) is 4.50. The van der Waals surface area contributed by atoms with Crippen molar-refractivity contribution in [2.45, 2.75) is 58.4 Å². The number of rotatable bonds is 2. The van der Waals surface area contributed by atoms with E-state index in [1.54, 1.807) is 0 Å². The molecule has 2 atom stereocenters. The number of nitrogens with one attached hydrogen (secondary N) is 1. The van der Waals surface area contributed by atoms with Crippen LogP contribution in [0.3, 0.4) is 0 Å². The summed E-state index contributed by atoms with van der Waals surface area (Å²) in [5.74, 6) is 0.354. The Hall–Kier alpha value is -1.03. The number of halogens is 1. The Morgan fingerprint density at radius 2 is 1.95 bits per heavy atom. The van der Waals surface area contributed by atoms with Gasteiger partial charge in [0.2, 0.25) is 0 Å². The van der Waals surface area contributed by atoms with Gasteiger partial charge in [0.15, 0.2) is 0 Å². The zero-order valence-corrected chi connectivity index (χ0v) is 12.3. The molecule has 1 aliphatic carbocycles. The van der Waals surface area contributed by atoms with E-state index in [1.165, 1.54) is 17.4 Å². The van der Waals surface area contributed by atoms with Crippen molar-refractivity contribution in [2.75, 3.05) is 0 Å². The van der Waals surface area contributed by atoms with Gasteiger partial charge < -0.3 is 0 Å². The predicted octanol–water partition coefficient (Wildman–Crippen LogP) is 2.89. The van der Waals surface area contributed by atoms with Crippen LogP contribution in [-0.2, 0) is 6.42 Å². The SMILES string of the molecule is CCc1c(Cl)[nH]c(=O)n(C2CCCCCC2C)c1=O. The van der Waals surface area contributed by atoms with Crippen molar-refractivity contribution >= 4 is 11.6 Å². The van der Waals surface area contributed by atoms with Crippen molar-refractivity contribution in [1.82, 2.24) is 9.55 Å². The van der Waals surface area contributed by atoms with Gasteiger partial charge in [-0.15, -0.1) is 0 Å². The van der Waals surface area contributed by atoms with E-state index in [0.29, 0.717) is 17.9 Å². The van der Waals surface area contributed by atoms with Crippen molar-refractivity contribution in [3.05, 3.63) is 31.6 Å². The van der Waals surface area contributed by atoms with Crippen LogP contribution >= 0.6 is 11.6 Å². The summed E-state index contributed by atoms with van der Waals surface area (Å²) in [7, 11) is 0. The van der Waals surface area contributed by atoms with Crippen LogP contribution in [0.15, 0.2) is 9.59 Å². The molecule has 0 bridgehead atoms. The Bertz CT molecular complexity index is 562. The number of hydrogen-bond donors (Lipinski definition) is 1. The lowest BCUT2D eigenvalue weighted by Gasteiger charge is -2.23. The number of nitrogens with zero attached hydrogens (tertiary/aromatic N) is 1. The number of hydrogen-bond acceptors (Lipinski definition) is 2. The van der Waals surface area contributed by atoms with Gasteiger partial charge in [0.1, 0.15) is 5.15 Å². The molecule has 1 heterocycles. The van der Waals surface area contributed by atoms with E-state index >= 15 is 0 Å². The monoisotopic (exact) mass is 284 g/mol. The summed E-state index contributed by atoms with van der Waals surface area (Å²) in [6.45, 7) is 4.00. The van der Waals surface area contributed by atoms with Crippen LogP contribution in [0.25, 0.3) is 0 Å². The summed E-state index contributed by atoms with van der Waals surface area (Å²) in [4.78, 5) is 27.2. The normalized spacial score (nSPS) is 24.2. The first-order valence-corrected chi connectivity index (χ1v) is 7.47. The number of aromatic amines is 1. The van der Waals surface area contributed by atoms with Gasteiger partial charge in [0.05, 0.1) is 5.56 Å². The van der Waals surface area contributed by atoms with Crippen molar-refractivity contribution in [1.29, 1.82) is 0 Å². The highest BCUT2D eigenvalue weighted by Crippen LogP contribution is 2.30. The van der Waals surface area contributed by atoms with Gasteiger partial charge in [-0.25, -0.2) is 4.79 Å². The van der Waals surface area contributed by atoms with Gasteiger partial charge in [-0.05, 0) is 25.2 Å². The van der Waals surface area contributed by atoms with Crippen molar-refractivity contribution < 1.29 is 0 Å². The maximum atomic E-state index is 12.5. The molecule has 1 saturated carbocycles. The van der Waals surface area contributed by atoms with Gasteiger partial charge in [0.25, 0.3) is 5.56 Å². The van der Waals surface area contributed by atoms with Crippen LogP contribution in [0.2, 0.25) is 5.15 Å². The number of aromatic nitrogens is 2. The van der Waals surface area contributed by atoms with Gasteiger partial charge in [-0.2, -0.15) is 0 Å². The average molecular weight is 285 g/mol. The highest BCUT2D eigenvalue weighted by Gasteiger charge is 2.25. The third kappa shape index (κ3) is 2.78. The van der Waals surface area contributed by atoms with Gasteiger partial charge in [-0.1, -0.05) is 44.7 Å². The van der Waals surface area contributed by atoms with E-state index in [9.17, 15) is 9.59 Å². The summed E-state index contributed by atoms with van der Waals surface area (Å²) in [6.07, 6.45) is 5.94. The Balaban J connectivity index is 2.55. The van der Waals surface area contributed by atoms with Gasteiger partial charge in [0, 0.05) is 6.04 Å². The minimum Gasteiger partial charge on any atom is -0.297 e.